The highest BCUT2D eigenvalue weighted by molar-refractivity contribution is 6.00. The van der Waals surface area contributed by atoms with E-state index in [1.54, 1.807) is 54.3 Å². The number of hydrogen-bond acceptors (Lipinski definition) is 4. The number of halogens is 1. The van der Waals surface area contributed by atoms with Gasteiger partial charge in [0.1, 0.15) is 5.82 Å². The molecule has 6 nitrogen and oxygen atoms in total. The molecule has 0 aromatic heterocycles. The standard InChI is InChI=1S/C21H23FN2O4/c1-23(12-14-4-6-16(22)7-5-14)21(26)15-10-20(25)24(13-15)17-8-9-18(27-2)19(11-17)28-3/h4-9,11,15H,10,12-13H2,1-3H3. The average molecular weight is 386 g/mol. The van der Waals surface area contributed by atoms with Gasteiger partial charge >= 0.3 is 0 Å². The van der Waals surface area contributed by atoms with Gasteiger partial charge in [-0.25, -0.2) is 4.39 Å². The van der Waals surface area contributed by atoms with Crippen molar-refractivity contribution in [3.8, 4) is 11.5 Å². The van der Waals surface area contributed by atoms with Crippen LogP contribution in [0.1, 0.15) is 12.0 Å². The first kappa shape index (κ1) is 19.7. The van der Waals surface area contributed by atoms with E-state index in [0.29, 0.717) is 30.3 Å². The molecule has 0 aliphatic carbocycles. The molecule has 148 valence electrons. The van der Waals surface area contributed by atoms with Crippen molar-refractivity contribution in [1.82, 2.24) is 4.90 Å². The fraction of sp³-hybridized carbons (Fsp3) is 0.333. The maximum atomic E-state index is 13.0. The van der Waals surface area contributed by atoms with Gasteiger partial charge in [-0.2, -0.15) is 0 Å². The summed E-state index contributed by atoms with van der Waals surface area (Å²) in [5, 5.41) is 0. The molecule has 0 saturated carbocycles. The smallest absolute Gasteiger partial charge is 0.228 e. The summed E-state index contributed by atoms with van der Waals surface area (Å²) in [7, 11) is 4.77. The van der Waals surface area contributed by atoms with Crippen LogP contribution in [-0.2, 0) is 16.1 Å². The molecule has 0 bridgehead atoms. The number of amides is 2. The van der Waals surface area contributed by atoms with Gasteiger partial charge in [-0.3, -0.25) is 9.59 Å². The van der Waals surface area contributed by atoms with Gasteiger partial charge in [0.25, 0.3) is 0 Å². The molecule has 1 aliphatic rings. The highest BCUT2D eigenvalue weighted by atomic mass is 19.1. The van der Waals surface area contributed by atoms with Gasteiger partial charge in [-0.05, 0) is 29.8 Å². The van der Waals surface area contributed by atoms with Gasteiger partial charge < -0.3 is 19.3 Å². The molecule has 28 heavy (non-hydrogen) atoms. The molecule has 1 atom stereocenters. The monoisotopic (exact) mass is 386 g/mol. The van der Waals surface area contributed by atoms with Crippen molar-refractivity contribution in [2.75, 3.05) is 32.7 Å². The molecular weight excluding hydrogens is 363 g/mol. The lowest BCUT2D eigenvalue weighted by Crippen LogP contribution is -2.34. The van der Waals surface area contributed by atoms with E-state index in [1.807, 2.05) is 0 Å². The van der Waals surface area contributed by atoms with E-state index in [2.05, 4.69) is 0 Å². The number of ether oxygens (including phenoxy) is 2. The molecule has 1 heterocycles. The number of methoxy groups -OCH3 is 2. The summed E-state index contributed by atoms with van der Waals surface area (Å²) in [6.07, 6.45) is 0.154. The van der Waals surface area contributed by atoms with Crippen LogP contribution < -0.4 is 14.4 Å². The minimum atomic E-state index is -0.425. The predicted octanol–water partition coefficient (Wildman–Crippen LogP) is 2.85. The number of hydrogen-bond donors (Lipinski definition) is 0. The van der Waals surface area contributed by atoms with Gasteiger partial charge in [0.05, 0.1) is 20.1 Å². The van der Waals surface area contributed by atoms with Crippen LogP contribution in [0.15, 0.2) is 42.5 Å². The van der Waals surface area contributed by atoms with E-state index in [-0.39, 0.29) is 24.1 Å². The molecule has 1 unspecified atom stereocenters. The molecule has 0 N–H and O–H groups in total. The van der Waals surface area contributed by atoms with Crippen molar-refractivity contribution >= 4 is 17.5 Å². The van der Waals surface area contributed by atoms with Crippen LogP contribution in [0.2, 0.25) is 0 Å². The van der Waals surface area contributed by atoms with E-state index in [9.17, 15) is 14.0 Å². The second-order valence-corrected chi connectivity index (χ2v) is 6.77. The van der Waals surface area contributed by atoms with Crippen LogP contribution in [0, 0.1) is 11.7 Å². The fourth-order valence-corrected chi connectivity index (χ4v) is 3.37. The SMILES string of the molecule is COc1ccc(N2CC(C(=O)N(C)Cc3ccc(F)cc3)CC2=O)cc1OC. The van der Waals surface area contributed by atoms with E-state index < -0.39 is 5.92 Å². The highest BCUT2D eigenvalue weighted by Gasteiger charge is 2.36. The molecule has 1 fully saturated rings. The third-order valence-electron chi connectivity index (χ3n) is 4.86. The molecular formula is C21H23FN2O4. The zero-order valence-electron chi connectivity index (χ0n) is 16.1. The topological polar surface area (TPSA) is 59.1 Å². The Kier molecular flexibility index (Phi) is 5.82. The minimum absolute atomic E-state index is 0.110. The number of rotatable bonds is 6. The van der Waals surface area contributed by atoms with Crippen LogP contribution in [0.5, 0.6) is 11.5 Å². The van der Waals surface area contributed by atoms with Gasteiger partial charge in [0.2, 0.25) is 11.8 Å². The first-order valence-electron chi connectivity index (χ1n) is 8.94. The normalized spacial score (nSPS) is 16.2. The highest BCUT2D eigenvalue weighted by Crippen LogP contribution is 2.34. The van der Waals surface area contributed by atoms with E-state index >= 15 is 0 Å². The number of anilines is 1. The second-order valence-electron chi connectivity index (χ2n) is 6.77. The maximum absolute atomic E-state index is 13.0. The van der Waals surface area contributed by atoms with Crippen molar-refractivity contribution in [1.29, 1.82) is 0 Å². The molecule has 2 aromatic rings. The Hall–Kier alpha value is -3.09. The minimum Gasteiger partial charge on any atom is -0.493 e. The van der Waals surface area contributed by atoms with Gasteiger partial charge in [0.15, 0.2) is 11.5 Å². The van der Waals surface area contributed by atoms with Crippen molar-refractivity contribution in [2.24, 2.45) is 5.92 Å². The third-order valence-corrected chi connectivity index (χ3v) is 4.86. The quantitative estimate of drug-likeness (QED) is 0.766. The van der Waals surface area contributed by atoms with Gasteiger partial charge in [-0.1, -0.05) is 12.1 Å². The third kappa shape index (κ3) is 4.08. The molecule has 7 heteroatoms. The second kappa shape index (κ2) is 8.29. The van der Waals surface area contributed by atoms with Crippen LogP contribution in [-0.4, -0.2) is 44.5 Å². The molecule has 3 rings (SSSR count). The maximum Gasteiger partial charge on any atom is 0.228 e. The summed E-state index contributed by atoms with van der Waals surface area (Å²) < 4.78 is 23.6. The van der Waals surface area contributed by atoms with Crippen LogP contribution in [0.4, 0.5) is 10.1 Å². The number of carbonyl (C=O) groups excluding carboxylic acids is 2. The molecule has 0 radical (unpaired) electrons. The first-order valence-corrected chi connectivity index (χ1v) is 8.94. The Balaban J connectivity index is 1.69. The lowest BCUT2D eigenvalue weighted by Gasteiger charge is -2.22. The average Bonchev–Trinajstić information content (AvgIpc) is 3.10. The largest absolute Gasteiger partial charge is 0.493 e. The summed E-state index contributed by atoms with van der Waals surface area (Å²) in [6.45, 7) is 0.668. The Morgan fingerprint density at radius 2 is 1.82 bits per heavy atom. The Morgan fingerprint density at radius 1 is 1.14 bits per heavy atom. The van der Waals surface area contributed by atoms with E-state index in [0.717, 1.165) is 5.56 Å². The van der Waals surface area contributed by atoms with Crippen LogP contribution >= 0.6 is 0 Å². The fourth-order valence-electron chi connectivity index (χ4n) is 3.37. The Bertz CT molecular complexity index is 869. The lowest BCUT2D eigenvalue weighted by atomic mass is 10.1. The van der Waals surface area contributed by atoms with Crippen molar-refractivity contribution < 1.29 is 23.5 Å². The zero-order chi connectivity index (χ0) is 20.3. The molecule has 2 amide bonds. The molecule has 2 aromatic carbocycles. The summed E-state index contributed by atoms with van der Waals surface area (Å²) in [4.78, 5) is 28.5. The predicted molar refractivity (Wildman–Crippen MR) is 103 cm³/mol. The summed E-state index contributed by atoms with van der Waals surface area (Å²) >= 11 is 0. The van der Waals surface area contributed by atoms with Crippen molar-refractivity contribution in [3.05, 3.63) is 53.8 Å². The van der Waals surface area contributed by atoms with E-state index in [1.165, 1.54) is 19.2 Å². The summed E-state index contributed by atoms with van der Waals surface area (Å²) in [6, 6.07) is 11.3. The lowest BCUT2D eigenvalue weighted by molar-refractivity contribution is -0.135. The number of benzene rings is 2. The number of carbonyl (C=O) groups is 2. The summed E-state index contributed by atoms with van der Waals surface area (Å²) in [5.74, 6) is 0.137. The molecule has 1 saturated heterocycles. The van der Waals surface area contributed by atoms with Crippen LogP contribution in [0.3, 0.4) is 0 Å². The summed E-state index contributed by atoms with van der Waals surface area (Å²) in [5.41, 5.74) is 1.50. The zero-order valence-corrected chi connectivity index (χ0v) is 16.1. The van der Waals surface area contributed by atoms with Crippen LogP contribution in [0.25, 0.3) is 0 Å². The Morgan fingerprint density at radius 3 is 2.46 bits per heavy atom. The number of nitrogens with zero attached hydrogens (tertiary/aromatic N) is 2. The van der Waals surface area contributed by atoms with Crippen molar-refractivity contribution in [3.63, 3.8) is 0 Å². The molecule has 0 spiro atoms. The molecule has 1 aliphatic heterocycles. The van der Waals surface area contributed by atoms with Gasteiger partial charge in [0, 0.05) is 38.3 Å². The Labute approximate surface area is 163 Å². The van der Waals surface area contributed by atoms with Crippen molar-refractivity contribution in [2.45, 2.75) is 13.0 Å². The van der Waals surface area contributed by atoms with Gasteiger partial charge in [-0.15, -0.1) is 0 Å². The first-order chi connectivity index (χ1) is 13.4. The van der Waals surface area contributed by atoms with E-state index in [4.69, 9.17) is 9.47 Å².